The van der Waals surface area contributed by atoms with Gasteiger partial charge in [0.05, 0.1) is 10.6 Å². The second-order valence-corrected chi connectivity index (χ2v) is 7.97. The number of hydrogen-bond donors (Lipinski definition) is 2. The van der Waals surface area contributed by atoms with Crippen molar-refractivity contribution in [3.05, 3.63) is 59.9 Å². The molecule has 1 saturated heterocycles. The van der Waals surface area contributed by atoms with Crippen LogP contribution >= 0.6 is 0 Å². The van der Waals surface area contributed by atoms with Crippen molar-refractivity contribution in [3.63, 3.8) is 0 Å². The first-order valence-electron chi connectivity index (χ1n) is 8.55. The van der Waals surface area contributed by atoms with Crippen molar-refractivity contribution >= 4 is 21.6 Å². The van der Waals surface area contributed by atoms with Gasteiger partial charge in [0, 0.05) is 32.4 Å². The average Bonchev–Trinajstić information content (AvgIpc) is 2.73. The SMILES string of the molecule is C/C(=N/NC(=O)c1ccccn1)c1ccc(S(=O)(=O)N2CCNCC2)cc1. The van der Waals surface area contributed by atoms with Crippen molar-refractivity contribution in [2.45, 2.75) is 11.8 Å². The molecule has 0 bridgehead atoms. The van der Waals surface area contributed by atoms with E-state index in [4.69, 9.17) is 0 Å². The largest absolute Gasteiger partial charge is 0.314 e. The van der Waals surface area contributed by atoms with Gasteiger partial charge in [-0.15, -0.1) is 0 Å². The Morgan fingerprint density at radius 2 is 1.85 bits per heavy atom. The monoisotopic (exact) mass is 387 g/mol. The molecule has 2 N–H and O–H groups in total. The molecule has 1 aromatic heterocycles. The van der Waals surface area contributed by atoms with Crippen molar-refractivity contribution in [2.24, 2.45) is 5.10 Å². The van der Waals surface area contributed by atoms with Gasteiger partial charge in [0.25, 0.3) is 5.91 Å². The molecule has 0 radical (unpaired) electrons. The second kappa shape index (κ2) is 8.38. The van der Waals surface area contributed by atoms with Gasteiger partial charge < -0.3 is 5.32 Å². The Bertz CT molecular complexity index is 921. The average molecular weight is 387 g/mol. The number of carbonyl (C=O) groups is 1. The zero-order valence-electron chi connectivity index (χ0n) is 14.9. The van der Waals surface area contributed by atoms with E-state index in [1.165, 1.54) is 10.5 Å². The van der Waals surface area contributed by atoms with E-state index < -0.39 is 15.9 Å². The highest BCUT2D eigenvalue weighted by molar-refractivity contribution is 7.89. The van der Waals surface area contributed by atoms with E-state index in [1.54, 1.807) is 49.4 Å². The number of sulfonamides is 1. The van der Waals surface area contributed by atoms with Crippen LogP contribution in [0.25, 0.3) is 0 Å². The molecule has 2 heterocycles. The summed E-state index contributed by atoms with van der Waals surface area (Å²) in [5.41, 5.74) is 4.00. The van der Waals surface area contributed by atoms with Gasteiger partial charge in [-0.1, -0.05) is 18.2 Å². The van der Waals surface area contributed by atoms with Crippen LogP contribution in [0.5, 0.6) is 0 Å². The highest BCUT2D eigenvalue weighted by Crippen LogP contribution is 2.17. The quantitative estimate of drug-likeness (QED) is 0.584. The zero-order valence-corrected chi connectivity index (χ0v) is 15.7. The van der Waals surface area contributed by atoms with Crippen molar-refractivity contribution in [2.75, 3.05) is 26.2 Å². The molecule has 3 rings (SSSR count). The fourth-order valence-corrected chi connectivity index (χ4v) is 4.10. The van der Waals surface area contributed by atoms with Crippen molar-refractivity contribution in [1.82, 2.24) is 20.0 Å². The summed E-state index contributed by atoms with van der Waals surface area (Å²) in [4.78, 5) is 16.2. The summed E-state index contributed by atoms with van der Waals surface area (Å²) in [7, 11) is -3.49. The lowest BCUT2D eigenvalue weighted by Gasteiger charge is -2.26. The van der Waals surface area contributed by atoms with Crippen LogP contribution in [0.4, 0.5) is 0 Å². The number of rotatable bonds is 5. The van der Waals surface area contributed by atoms with Crippen LogP contribution in [0.1, 0.15) is 23.0 Å². The lowest BCUT2D eigenvalue weighted by atomic mass is 10.1. The first-order valence-corrected chi connectivity index (χ1v) is 9.99. The Labute approximate surface area is 158 Å². The topological polar surface area (TPSA) is 104 Å². The van der Waals surface area contributed by atoms with Gasteiger partial charge in [-0.2, -0.15) is 9.41 Å². The van der Waals surface area contributed by atoms with E-state index >= 15 is 0 Å². The molecular formula is C18H21N5O3S. The van der Waals surface area contributed by atoms with Gasteiger partial charge in [0.2, 0.25) is 10.0 Å². The minimum atomic E-state index is -3.49. The van der Waals surface area contributed by atoms with Crippen LogP contribution in [-0.2, 0) is 10.0 Å². The molecule has 142 valence electrons. The number of benzene rings is 1. The van der Waals surface area contributed by atoms with Crippen molar-refractivity contribution < 1.29 is 13.2 Å². The Balaban J connectivity index is 1.70. The van der Waals surface area contributed by atoms with Crippen LogP contribution in [0.15, 0.2) is 58.7 Å². The number of nitrogens with one attached hydrogen (secondary N) is 2. The van der Waals surface area contributed by atoms with E-state index in [0.717, 1.165) is 5.56 Å². The van der Waals surface area contributed by atoms with Crippen LogP contribution in [0.2, 0.25) is 0 Å². The normalized spacial score (nSPS) is 16.1. The molecule has 1 aliphatic rings. The van der Waals surface area contributed by atoms with E-state index in [0.29, 0.717) is 31.9 Å². The van der Waals surface area contributed by atoms with Crippen molar-refractivity contribution in [3.8, 4) is 0 Å². The minimum Gasteiger partial charge on any atom is -0.314 e. The van der Waals surface area contributed by atoms with E-state index in [9.17, 15) is 13.2 Å². The van der Waals surface area contributed by atoms with Crippen LogP contribution in [0, 0.1) is 0 Å². The van der Waals surface area contributed by atoms with Crippen molar-refractivity contribution in [1.29, 1.82) is 0 Å². The molecule has 0 aliphatic carbocycles. The smallest absolute Gasteiger partial charge is 0.289 e. The Morgan fingerprint density at radius 1 is 1.15 bits per heavy atom. The third-order valence-corrected chi connectivity index (χ3v) is 6.12. The third-order valence-electron chi connectivity index (χ3n) is 4.21. The summed E-state index contributed by atoms with van der Waals surface area (Å²) in [6, 6.07) is 11.5. The Hall–Kier alpha value is -2.62. The molecule has 0 atom stereocenters. The summed E-state index contributed by atoms with van der Waals surface area (Å²) < 4.78 is 26.8. The maximum absolute atomic E-state index is 12.6. The number of amides is 1. The Morgan fingerprint density at radius 3 is 2.48 bits per heavy atom. The number of carbonyl (C=O) groups excluding carboxylic acids is 1. The van der Waals surface area contributed by atoms with Crippen LogP contribution in [-0.4, -0.2) is 55.5 Å². The molecule has 1 aliphatic heterocycles. The minimum absolute atomic E-state index is 0.249. The number of nitrogens with zero attached hydrogens (tertiary/aromatic N) is 3. The number of hydrogen-bond acceptors (Lipinski definition) is 6. The molecular weight excluding hydrogens is 366 g/mol. The Kier molecular flexibility index (Phi) is 5.94. The fourth-order valence-electron chi connectivity index (χ4n) is 2.66. The third kappa shape index (κ3) is 4.57. The molecule has 1 fully saturated rings. The molecule has 0 spiro atoms. The first kappa shape index (κ1) is 19.2. The molecule has 0 saturated carbocycles. The summed E-state index contributed by atoms with van der Waals surface area (Å²) in [5, 5.41) is 7.20. The summed E-state index contributed by atoms with van der Waals surface area (Å²) in [5.74, 6) is -0.409. The highest BCUT2D eigenvalue weighted by atomic mass is 32.2. The summed E-state index contributed by atoms with van der Waals surface area (Å²) in [6.07, 6.45) is 1.53. The number of piperazine rings is 1. The number of hydrazone groups is 1. The molecule has 1 amide bonds. The van der Waals surface area contributed by atoms with Gasteiger partial charge in [-0.25, -0.2) is 13.8 Å². The lowest BCUT2D eigenvalue weighted by molar-refractivity contribution is 0.0950. The molecule has 9 heteroatoms. The van der Waals surface area contributed by atoms with Gasteiger partial charge in [0.15, 0.2) is 0 Å². The second-order valence-electron chi connectivity index (χ2n) is 6.03. The summed E-state index contributed by atoms with van der Waals surface area (Å²) >= 11 is 0. The van der Waals surface area contributed by atoms with Crippen LogP contribution in [0.3, 0.4) is 0 Å². The molecule has 0 unspecified atom stereocenters. The van der Waals surface area contributed by atoms with Gasteiger partial charge in [0.1, 0.15) is 5.69 Å². The summed E-state index contributed by atoms with van der Waals surface area (Å²) in [6.45, 7) is 3.96. The number of pyridine rings is 1. The van der Waals surface area contributed by atoms with E-state index in [1.807, 2.05) is 0 Å². The van der Waals surface area contributed by atoms with Gasteiger partial charge in [-0.05, 0) is 36.8 Å². The van der Waals surface area contributed by atoms with Gasteiger partial charge >= 0.3 is 0 Å². The van der Waals surface area contributed by atoms with Crippen LogP contribution < -0.4 is 10.7 Å². The maximum Gasteiger partial charge on any atom is 0.289 e. The first-order chi connectivity index (χ1) is 13.0. The molecule has 27 heavy (non-hydrogen) atoms. The molecule has 1 aromatic carbocycles. The fraction of sp³-hybridized carbons (Fsp3) is 0.278. The standard InChI is InChI=1S/C18H21N5O3S/c1-14(21-22-18(24)17-4-2-3-9-20-17)15-5-7-16(8-6-15)27(25,26)23-12-10-19-11-13-23/h2-9,19H,10-13H2,1H3,(H,22,24)/b21-14-. The lowest BCUT2D eigenvalue weighted by Crippen LogP contribution is -2.46. The zero-order chi connectivity index (χ0) is 19.3. The predicted octanol–water partition coefficient (Wildman–Crippen LogP) is 0.829. The highest BCUT2D eigenvalue weighted by Gasteiger charge is 2.25. The van der Waals surface area contributed by atoms with E-state index in [2.05, 4.69) is 20.8 Å². The predicted molar refractivity (Wildman–Crippen MR) is 102 cm³/mol. The maximum atomic E-state index is 12.6. The molecule has 8 nitrogen and oxygen atoms in total. The van der Waals surface area contributed by atoms with Gasteiger partial charge in [-0.3, -0.25) is 9.78 Å². The number of aromatic nitrogens is 1. The van der Waals surface area contributed by atoms with E-state index in [-0.39, 0.29) is 10.6 Å². The molecule has 2 aromatic rings.